The number of carbonyl (C=O) groups excluding carboxylic acids is 3. The summed E-state index contributed by atoms with van der Waals surface area (Å²) in [4.78, 5) is 55.6. The van der Waals surface area contributed by atoms with E-state index in [-0.39, 0.29) is 13.0 Å². The number of fused-ring (bicyclic) bond motifs is 1. The maximum absolute atomic E-state index is 13.6. The van der Waals surface area contributed by atoms with Crippen LogP contribution in [0.1, 0.15) is 38.2 Å². The fourth-order valence-corrected chi connectivity index (χ4v) is 5.04. The van der Waals surface area contributed by atoms with E-state index in [1.54, 1.807) is 6.20 Å². The van der Waals surface area contributed by atoms with Crippen LogP contribution in [0.2, 0.25) is 0 Å². The number of para-hydroxylation sites is 1. The fourth-order valence-electron chi connectivity index (χ4n) is 5.04. The largest absolute Gasteiger partial charge is 0.480 e. The molecule has 3 amide bonds. The van der Waals surface area contributed by atoms with E-state index in [1.807, 2.05) is 24.3 Å². The first-order valence-corrected chi connectivity index (χ1v) is 12.4. The van der Waals surface area contributed by atoms with Gasteiger partial charge in [0.25, 0.3) is 0 Å². The van der Waals surface area contributed by atoms with Crippen LogP contribution in [-0.4, -0.2) is 87.1 Å². The van der Waals surface area contributed by atoms with E-state index in [0.717, 1.165) is 22.9 Å². The summed E-state index contributed by atoms with van der Waals surface area (Å²) >= 11 is 0. The third kappa shape index (κ3) is 5.52. The summed E-state index contributed by atoms with van der Waals surface area (Å²) in [6.45, 7) is 2.37. The summed E-state index contributed by atoms with van der Waals surface area (Å²) in [6.07, 6.45) is 3.03. The number of aliphatic hydroxyl groups excluding tert-OH is 1. The molecule has 4 rings (SSSR count). The second kappa shape index (κ2) is 11.1. The third-order valence-electron chi connectivity index (χ3n) is 6.97. The number of carboxylic acids is 1. The molecular formula is C25H33N5O6. The van der Waals surface area contributed by atoms with E-state index < -0.39 is 54.0 Å². The summed E-state index contributed by atoms with van der Waals surface area (Å²) in [5.74, 6) is -2.69. The summed E-state index contributed by atoms with van der Waals surface area (Å²) in [5, 5.41) is 29.1. The molecule has 2 aromatic rings. The molecule has 5 atom stereocenters. The van der Waals surface area contributed by atoms with Crippen LogP contribution < -0.4 is 16.0 Å². The zero-order chi connectivity index (χ0) is 25.8. The first kappa shape index (κ1) is 25.6. The lowest BCUT2D eigenvalue weighted by molar-refractivity contribution is -0.149. The van der Waals surface area contributed by atoms with Gasteiger partial charge in [-0.2, -0.15) is 0 Å². The number of nitrogens with one attached hydrogen (secondary N) is 4. The van der Waals surface area contributed by atoms with Crippen molar-refractivity contribution in [2.45, 2.75) is 69.3 Å². The first-order valence-electron chi connectivity index (χ1n) is 12.4. The summed E-state index contributed by atoms with van der Waals surface area (Å²) in [6, 6.07) is 3.78. The number of carboxylic acid groups (broad SMARTS) is 1. The van der Waals surface area contributed by atoms with Crippen LogP contribution in [0.15, 0.2) is 30.5 Å². The van der Waals surface area contributed by atoms with E-state index >= 15 is 0 Å². The minimum absolute atomic E-state index is 0.113. The van der Waals surface area contributed by atoms with Crippen molar-refractivity contribution in [1.82, 2.24) is 25.8 Å². The number of likely N-dealkylation sites (tertiary alicyclic amines) is 1. The number of aromatic amines is 1. The molecule has 2 aliphatic heterocycles. The van der Waals surface area contributed by atoms with Crippen molar-refractivity contribution in [3.8, 4) is 0 Å². The van der Waals surface area contributed by atoms with Crippen molar-refractivity contribution in [1.29, 1.82) is 0 Å². The van der Waals surface area contributed by atoms with Crippen LogP contribution in [0, 0.1) is 0 Å². The van der Waals surface area contributed by atoms with Crippen molar-refractivity contribution in [3.63, 3.8) is 0 Å². The fraction of sp³-hybridized carbons (Fsp3) is 0.520. The predicted molar refractivity (Wildman–Crippen MR) is 131 cm³/mol. The normalized spacial score (nSPS) is 22.2. The van der Waals surface area contributed by atoms with Gasteiger partial charge in [-0.25, -0.2) is 4.79 Å². The Morgan fingerprint density at radius 3 is 2.61 bits per heavy atom. The summed E-state index contributed by atoms with van der Waals surface area (Å²) in [7, 11) is 0. The zero-order valence-corrected chi connectivity index (χ0v) is 20.2. The Bertz CT molecular complexity index is 1130. The number of nitrogens with zero attached hydrogens (tertiary/aromatic N) is 1. The zero-order valence-electron chi connectivity index (χ0n) is 20.2. The molecule has 1 aromatic carbocycles. The Morgan fingerprint density at radius 2 is 1.92 bits per heavy atom. The van der Waals surface area contributed by atoms with Gasteiger partial charge in [0.2, 0.25) is 17.7 Å². The van der Waals surface area contributed by atoms with Crippen molar-refractivity contribution in [3.05, 3.63) is 36.0 Å². The molecular weight excluding hydrogens is 466 g/mol. The summed E-state index contributed by atoms with van der Waals surface area (Å²) in [5.41, 5.74) is 1.65. The van der Waals surface area contributed by atoms with Gasteiger partial charge in [0, 0.05) is 30.1 Å². The van der Waals surface area contributed by atoms with Crippen LogP contribution in [0.25, 0.3) is 10.9 Å². The number of hydrogen-bond donors (Lipinski definition) is 6. The number of benzene rings is 1. The lowest BCUT2D eigenvalue weighted by atomic mass is 10.0. The topological polar surface area (TPSA) is 164 Å². The molecule has 3 heterocycles. The molecule has 2 aliphatic rings. The quantitative estimate of drug-likeness (QED) is 0.280. The van der Waals surface area contributed by atoms with Gasteiger partial charge in [0.1, 0.15) is 18.1 Å². The van der Waals surface area contributed by atoms with Crippen molar-refractivity contribution >= 4 is 34.6 Å². The lowest BCUT2D eigenvalue weighted by Crippen LogP contribution is -2.60. The Hall–Kier alpha value is -3.44. The highest BCUT2D eigenvalue weighted by Gasteiger charge is 2.39. The highest BCUT2D eigenvalue weighted by atomic mass is 16.4. The number of carbonyl (C=O) groups is 4. The molecule has 1 aromatic heterocycles. The average Bonchev–Trinajstić information content (AvgIpc) is 3.62. The van der Waals surface area contributed by atoms with Crippen molar-refractivity contribution in [2.24, 2.45) is 0 Å². The van der Waals surface area contributed by atoms with Gasteiger partial charge in [-0.15, -0.1) is 0 Å². The van der Waals surface area contributed by atoms with Gasteiger partial charge < -0.3 is 36.0 Å². The van der Waals surface area contributed by atoms with Crippen LogP contribution >= 0.6 is 0 Å². The molecule has 2 fully saturated rings. The Kier molecular flexibility index (Phi) is 7.90. The molecule has 2 saturated heterocycles. The van der Waals surface area contributed by atoms with Crippen LogP contribution in [-0.2, 0) is 25.6 Å². The van der Waals surface area contributed by atoms with E-state index in [1.165, 1.54) is 11.8 Å². The van der Waals surface area contributed by atoms with Gasteiger partial charge >= 0.3 is 5.97 Å². The van der Waals surface area contributed by atoms with Gasteiger partial charge in [-0.3, -0.25) is 14.4 Å². The predicted octanol–water partition coefficient (Wildman–Crippen LogP) is -0.112. The van der Waals surface area contributed by atoms with Crippen molar-refractivity contribution in [2.75, 3.05) is 13.1 Å². The van der Waals surface area contributed by atoms with Crippen LogP contribution in [0.4, 0.5) is 0 Å². The molecule has 194 valence electrons. The molecule has 0 spiro atoms. The average molecular weight is 500 g/mol. The maximum Gasteiger partial charge on any atom is 0.326 e. The first-order chi connectivity index (χ1) is 17.3. The summed E-state index contributed by atoms with van der Waals surface area (Å²) < 4.78 is 0. The monoisotopic (exact) mass is 499 g/mol. The molecule has 0 radical (unpaired) electrons. The Labute approximate surface area is 208 Å². The highest BCUT2D eigenvalue weighted by molar-refractivity contribution is 5.95. The number of hydrogen-bond acceptors (Lipinski definition) is 6. The van der Waals surface area contributed by atoms with E-state index in [2.05, 4.69) is 20.9 Å². The maximum atomic E-state index is 13.6. The third-order valence-corrected chi connectivity index (χ3v) is 6.97. The van der Waals surface area contributed by atoms with Crippen molar-refractivity contribution < 1.29 is 29.4 Å². The minimum Gasteiger partial charge on any atom is -0.480 e. The highest BCUT2D eigenvalue weighted by Crippen LogP contribution is 2.23. The molecule has 36 heavy (non-hydrogen) atoms. The van der Waals surface area contributed by atoms with Gasteiger partial charge in [0.05, 0.1) is 12.1 Å². The second-order valence-electron chi connectivity index (χ2n) is 9.53. The SMILES string of the molecule is CC(O)C(NC(=O)C1CCCN1)C(=O)NC(Cc1c[nH]c2ccccc12)C(=O)N1CCCC1C(=O)O. The number of rotatable bonds is 9. The molecule has 0 aliphatic carbocycles. The number of aliphatic carboxylic acids is 1. The standard InChI is InChI=1S/C25H33N5O6/c1-14(31)21(29-22(32)18-8-4-10-26-18)23(33)28-19(24(34)30-11-5-9-20(30)25(35)36)12-15-13-27-17-7-3-2-6-16(15)17/h2-3,6-7,13-14,18-21,26-27,31H,4-5,8-12H2,1H3,(H,28,33)(H,29,32)(H,35,36). The number of amides is 3. The van der Waals surface area contributed by atoms with E-state index in [9.17, 15) is 29.4 Å². The molecule has 11 nitrogen and oxygen atoms in total. The van der Waals surface area contributed by atoms with E-state index in [4.69, 9.17) is 0 Å². The number of aliphatic hydroxyl groups is 1. The van der Waals surface area contributed by atoms with Gasteiger partial charge in [0.15, 0.2) is 0 Å². The lowest BCUT2D eigenvalue weighted by Gasteiger charge is -2.29. The second-order valence-corrected chi connectivity index (χ2v) is 9.53. The minimum atomic E-state index is -1.27. The molecule has 5 unspecified atom stereocenters. The number of aromatic nitrogens is 1. The Morgan fingerprint density at radius 1 is 1.14 bits per heavy atom. The molecule has 6 N–H and O–H groups in total. The number of H-pyrrole nitrogens is 1. The van der Waals surface area contributed by atoms with E-state index in [0.29, 0.717) is 25.8 Å². The van der Waals surface area contributed by atoms with Gasteiger partial charge in [-0.05, 0) is 50.8 Å². The Balaban J connectivity index is 1.57. The molecule has 0 saturated carbocycles. The van der Waals surface area contributed by atoms with Gasteiger partial charge in [-0.1, -0.05) is 18.2 Å². The molecule has 11 heteroatoms. The smallest absolute Gasteiger partial charge is 0.326 e. The van der Waals surface area contributed by atoms with Crippen LogP contribution in [0.5, 0.6) is 0 Å². The molecule has 0 bridgehead atoms. The van der Waals surface area contributed by atoms with Crippen LogP contribution in [0.3, 0.4) is 0 Å².